The summed E-state index contributed by atoms with van der Waals surface area (Å²) >= 11 is 0. The Morgan fingerprint density at radius 3 is 2.58 bits per heavy atom. The number of hydrogen-bond acceptors (Lipinski definition) is 3. The Labute approximate surface area is 112 Å². The van der Waals surface area contributed by atoms with E-state index in [1.165, 1.54) is 11.1 Å². The van der Waals surface area contributed by atoms with Crippen LogP contribution in [0.5, 0.6) is 0 Å². The molecule has 0 aliphatic heterocycles. The van der Waals surface area contributed by atoms with Crippen molar-refractivity contribution in [3.63, 3.8) is 0 Å². The molecule has 2 aromatic rings. The molecule has 19 heavy (non-hydrogen) atoms. The Bertz CT molecular complexity index is 635. The molecule has 1 aromatic carbocycles. The van der Waals surface area contributed by atoms with Crippen LogP contribution in [-0.2, 0) is 0 Å². The highest BCUT2D eigenvalue weighted by Crippen LogP contribution is 2.28. The Morgan fingerprint density at radius 2 is 1.89 bits per heavy atom. The van der Waals surface area contributed by atoms with Gasteiger partial charge >= 0.3 is 0 Å². The second-order valence-electron chi connectivity index (χ2n) is 4.96. The molecule has 0 bridgehead atoms. The van der Waals surface area contributed by atoms with E-state index in [1.54, 1.807) is 0 Å². The van der Waals surface area contributed by atoms with Crippen LogP contribution in [-0.4, -0.2) is 10.2 Å². The second-order valence-corrected chi connectivity index (χ2v) is 4.96. The van der Waals surface area contributed by atoms with Crippen LogP contribution in [0.25, 0.3) is 11.5 Å². The van der Waals surface area contributed by atoms with E-state index in [0.29, 0.717) is 11.8 Å². The van der Waals surface area contributed by atoms with Gasteiger partial charge in [0, 0.05) is 5.56 Å². The number of rotatable bonds is 2. The molecule has 3 rings (SSSR count). The van der Waals surface area contributed by atoms with Gasteiger partial charge in [-0.15, -0.1) is 10.2 Å². The SMILES string of the molecule is CC1=CCC(c2nnc(-c3ccc(C)cc3)o2)C=C1. The van der Waals surface area contributed by atoms with Gasteiger partial charge in [-0.25, -0.2) is 0 Å². The van der Waals surface area contributed by atoms with Crippen LogP contribution in [0, 0.1) is 6.92 Å². The largest absolute Gasteiger partial charge is 0.420 e. The predicted octanol–water partition coefficient (Wildman–Crippen LogP) is 4.03. The van der Waals surface area contributed by atoms with Gasteiger partial charge in [-0.3, -0.25) is 0 Å². The third kappa shape index (κ3) is 2.50. The van der Waals surface area contributed by atoms with Gasteiger partial charge in [-0.2, -0.15) is 0 Å². The van der Waals surface area contributed by atoms with Gasteiger partial charge in [0.1, 0.15) is 0 Å². The highest BCUT2D eigenvalue weighted by atomic mass is 16.4. The van der Waals surface area contributed by atoms with Crippen LogP contribution in [0.1, 0.15) is 30.7 Å². The summed E-state index contributed by atoms with van der Waals surface area (Å²) in [5.74, 6) is 1.49. The molecule has 3 nitrogen and oxygen atoms in total. The number of aryl methyl sites for hydroxylation is 1. The molecular formula is C16H16N2O. The maximum absolute atomic E-state index is 5.78. The van der Waals surface area contributed by atoms with E-state index in [9.17, 15) is 0 Å². The Balaban J connectivity index is 1.84. The van der Waals surface area contributed by atoms with Gasteiger partial charge < -0.3 is 4.42 Å². The molecule has 1 unspecified atom stereocenters. The van der Waals surface area contributed by atoms with Crippen molar-refractivity contribution in [2.24, 2.45) is 0 Å². The summed E-state index contributed by atoms with van der Waals surface area (Å²) in [6.07, 6.45) is 7.35. The summed E-state index contributed by atoms with van der Waals surface area (Å²) in [7, 11) is 0. The molecule has 1 aliphatic carbocycles. The third-order valence-electron chi connectivity index (χ3n) is 3.34. The summed E-state index contributed by atoms with van der Waals surface area (Å²) in [4.78, 5) is 0. The van der Waals surface area contributed by atoms with Crippen molar-refractivity contribution in [3.8, 4) is 11.5 Å². The van der Waals surface area contributed by atoms with Gasteiger partial charge in [-0.1, -0.05) is 41.5 Å². The van der Waals surface area contributed by atoms with Crippen LogP contribution < -0.4 is 0 Å². The molecule has 0 saturated carbocycles. The zero-order valence-corrected chi connectivity index (χ0v) is 11.1. The first-order valence-corrected chi connectivity index (χ1v) is 6.48. The summed E-state index contributed by atoms with van der Waals surface area (Å²) in [5, 5.41) is 8.31. The van der Waals surface area contributed by atoms with E-state index in [0.717, 1.165) is 12.0 Å². The molecule has 3 heteroatoms. The molecule has 1 atom stereocenters. The number of nitrogens with zero attached hydrogens (tertiary/aromatic N) is 2. The van der Waals surface area contributed by atoms with Crippen LogP contribution >= 0.6 is 0 Å². The maximum Gasteiger partial charge on any atom is 0.247 e. The summed E-state index contributed by atoms with van der Waals surface area (Å²) in [6.45, 7) is 4.16. The van der Waals surface area contributed by atoms with Gasteiger partial charge in [0.15, 0.2) is 0 Å². The molecule has 1 aliphatic rings. The third-order valence-corrected chi connectivity index (χ3v) is 3.34. The van der Waals surface area contributed by atoms with Crippen LogP contribution in [0.4, 0.5) is 0 Å². The monoisotopic (exact) mass is 252 g/mol. The average molecular weight is 252 g/mol. The quantitative estimate of drug-likeness (QED) is 0.809. The molecule has 1 heterocycles. The predicted molar refractivity (Wildman–Crippen MR) is 74.7 cm³/mol. The fraction of sp³-hybridized carbons (Fsp3) is 0.250. The van der Waals surface area contributed by atoms with Crippen molar-refractivity contribution in [3.05, 3.63) is 59.5 Å². The number of aromatic nitrogens is 2. The topological polar surface area (TPSA) is 38.9 Å². The molecule has 0 spiro atoms. The summed E-state index contributed by atoms with van der Waals surface area (Å²) in [6, 6.07) is 8.11. The molecule has 0 radical (unpaired) electrons. The normalized spacial score (nSPS) is 18.4. The lowest BCUT2D eigenvalue weighted by Crippen LogP contribution is -1.97. The fourth-order valence-corrected chi connectivity index (χ4v) is 2.11. The molecule has 96 valence electrons. The molecule has 0 fully saturated rings. The zero-order chi connectivity index (χ0) is 13.2. The van der Waals surface area contributed by atoms with Crippen molar-refractivity contribution in [1.82, 2.24) is 10.2 Å². The van der Waals surface area contributed by atoms with Gasteiger partial charge in [0.2, 0.25) is 11.8 Å². The van der Waals surface area contributed by atoms with Crippen molar-refractivity contribution >= 4 is 0 Å². The summed E-state index contributed by atoms with van der Waals surface area (Å²) < 4.78 is 5.78. The lowest BCUT2D eigenvalue weighted by Gasteiger charge is -2.09. The van der Waals surface area contributed by atoms with Gasteiger partial charge in [0.25, 0.3) is 0 Å². The second kappa shape index (κ2) is 4.84. The summed E-state index contributed by atoms with van der Waals surface area (Å²) in [5.41, 5.74) is 3.48. The van der Waals surface area contributed by atoms with Crippen molar-refractivity contribution in [2.45, 2.75) is 26.2 Å². The van der Waals surface area contributed by atoms with E-state index < -0.39 is 0 Å². The van der Waals surface area contributed by atoms with Crippen LogP contribution in [0.2, 0.25) is 0 Å². The molecule has 1 aromatic heterocycles. The van der Waals surface area contributed by atoms with Gasteiger partial charge in [0.05, 0.1) is 5.92 Å². The van der Waals surface area contributed by atoms with Crippen LogP contribution in [0.15, 0.2) is 52.5 Å². The Kier molecular flexibility index (Phi) is 3.03. The van der Waals surface area contributed by atoms with Crippen molar-refractivity contribution in [2.75, 3.05) is 0 Å². The number of allylic oxidation sites excluding steroid dienone is 4. The van der Waals surface area contributed by atoms with E-state index in [2.05, 4.69) is 42.3 Å². The standard InChI is InChI=1S/C16H16N2O/c1-11-3-7-13(8-4-11)15-17-18-16(19-15)14-9-5-12(2)6-10-14/h3-9,14H,10H2,1-2H3. The van der Waals surface area contributed by atoms with E-state index in [1.807, 2.05) is 24.3 Å². The highest BCUT2D eigenvalue weighted by Gasteiger charge is 2.17. The Hall–Kier alpha value is -2.16. The lowest BCUT2D eigenvalue weighted by atomic mass is 9.97. The lowest BCUT2D eigenvalue weighted by molar-refractivity contribution is 0.484. The molecular weight excluding hydrogens is 236 g/mol. The molecule has 0 saturated heterocycles. The highest BCUT2D eigenvalue weighted by molar-refractivity contribution is 5.52. The number of benzene rings is 1. The minimum absolute atomic E-state index is 0.204. The van der Waals surface area contributed by atoms with E-state index in [-0.39, 0.29) is 5.92 Å². The van der Waals surface area contributed by atoms with Crippen molar-refractivity contribution in [1.29, 1.82) is 0 Å². The first-order chi connectivity index (χ1) is 9.22. The first-order valence-electron chi connectivity index (χ1n) is 6.48. The first kappa shape index (κ1) is 11.9. The molecule has 0 N–H and O–H groups in total. The van der Waals surface area contributed by atoms with Gasteiger partial charge in [-0.05, 0) is 32.4 Å². The minimum atomic E-state index is 0.204. The molecule has 0 amide bonds. The Morgan fingerprint density at radius 1 is 1.11 bits per heavy atom. The number of hydrogen-bond donors (Lipinski definition) is 0. The fourth-order valence-electron chi connectivity index (χ4n) is 2.11. The average Bonchev–Trinajstić information content (AvgIpc) is 2.90. The minimum Gasteiger partial charge on any atom is -0.420 e. The van der Waals surface area contributed by atoms with Crippen molar-refractivity contribution < 1.29 is 4.42 Å². The van der Waals surface area contributed by atoms with E-state index >= 15 is 0 Å². The smallest absolute Gasteiger partial charge is 0.247 e. The maximum atomic E-state index is 5.78. The zero-order valence-electron chi connectivity index (χ0n) is 11.1. The van der Waals surface area contributed by atoms with E-state index in [4.69, 9.17) is 4.42 Å². The van der Waals surface area contributed by atoms with Crippen LogP contribution in [0.3, 0.4) is 0 Å².